The highest BCUT2D eigenvalue weighted by molar-refractivity contribution is 9.10. The Balaban J connectivity index is 1.80. The van der Waals surface area contributed by atoms with Crippen molar-refractivity contribution >= 4 is 15.9 Å². The highest BCUT2D eigenvalue weighted by atomic mass is 79.9. The number of nitrogens with zero attached hydrogens (tertiary/aromatic N) is 2. The van der Waals surface area contributed by atoms with Gasteiger partial charge in [-0.15, -0.1) is 0 Å². The van der Waals surface area contributed by atoms with E-state index >= 15 is 0 Å². The number of pyridine rings is 1. The topological polar surface area (TPSA) is 28.2 Å². The van der Waals surface area contributed by atoms with E-state index in [9.17, 15) is 0 Å². The van der Waals surface area contributed by atoms with Gasteiger partial charge in [0.15, 0.2) is 0 Å². The Morgan fingerprint density at radius 3 is 2.70 bits per heavy atom. The zero-order valence-electron chi connectivity index (χ0n) is 12.6. The third-order valence-electron chi connectivity index (χ3n) is 4.83. The van der Waals surface area contributed by atoms with E-state index in [1.165, 1.54) is 12.8 Å². The normalized spacial score (nSPS) is 30.4. The van der Waals surface area contributed by atoms with E-state index in [0.717, 1.165) is 35.7 Å². The molecule has 1 aromatic rings. The van der Waals surface area contributed by atoms with Crippen molar-refractivity contribution in [2.24, 2.45) is 5.92 Å². The van der Waals surface area contributed by atoms with Gasteiger partial charge in [-0.2, -0.15) is 0 Å². The Bertz CT molecular complexity index is 481. The Hall–Kier alpha value is -0.450. The Kier molecular flexibility index (Phi) is 3.68. The number of halogens is 1. The minimum Gasteiger partial charge on any atom is -0.309 e. The van der Waals surface area contributed by atoms with E-state index in [-0.39, 0.29) is 11.1 Å². The van der Waals surface area contributed by atoms with E-state index in [2.05, 4.69) is 64.0 Å². The average molecular weight is 338 g/mol. The van der Waals surface area contributed by atoms with E-state index in [4.69, 9.17) is 0 Å². The summed E-state index contributed by atoms with van der Waals surface area (Å²) in [5.74, 6) is 0.849. The van der Waals surface area contributed by atoms with Gasteiger partial charge >= 0.3 is 0 Å². The molecular formula is C16H24BrN3. The van der Waals surface area contributed by atoms with Gasteiger partial charge in [-0.3, -0.25) is 9.88 Å². The molecule has 110 valence electrons. The van der Waals surface area contributed by atoms with Gasteiger partial charge < -0.3 is 5.32 Å². The molecule has 1 unspecified atom stereocenters. The summed E-state index contributed by atoms with van der Waals surface area (Å²) >= 11 is 3.46. The van der Waals surface area contributed by atoms with Crippen LogP contribution in [0.5, 0.6) is 0 Å². The summed E-state index contributed by atoms with van der Waals surface area (Å²) in [4.78, 5) is 7.21. The van der Waals surface area contributed by atoms with Gasteiger partial charge in [0.25, 0.3) is 0 Å². The highest BCUT2D eigenvalue weighted by Crippen LogP contribution is 2.45. The molecule has 1 aliphatic heterocycles. The third-order valence-corrected chi connectivity index (χ3v) is 5.30. The third kappa shape index (κ3) is 2.92. The van der Waals surface area contributed by atoms with Crippen molar-refractivity contribution in [2.75, 3.05) is 13.1 Å². The number of hydrogen-bond acceptors (Lipinski definition) is 3. The minimum atomic E-state index is 0.184. The van der Waals surface area contributed by atoms with Crippen LogP contribution in [0.25, 0.3) is 0 Å². The monoisotopic (exact) mass is 337 g/mol. The van der Waals surface area contributed by atoms with Crippen LogP contribution in [-0.2, 0) is 6.54 Å². The molecule has 0 spiro atoms. The summed E-state index contributed by atoms with van der Waals surface area (Å²) in [5, 5.41) is 3.73. The smallest absolute Gasteiger partial charge is 0.0545 e. The zero-order valence-corrected chi connectivity index (χ0v) is 14.2. The molecule has 2 heterocycles. The second-order valence-corrected chi connectivity index (χ2v) is 8.11. The minimum absolute atomic E-state index is 0.184. The van der Waals surface area contributed by atoms with Crippen molar-refractivity contribution in [3.63, 3.8) is 0 Å². The van der Waals surface area contributed by atoms with Crippen molar-refractivity contribution in [1.29, 1.82) is 0 Å². The number of piperazine rings is 1. The molecular weight excluding hydrogens is 314 g/mol. The van der Waals surface area contributed by atoms with Crippen molar-refractivity contribution in [2.45, 2.75) is 51.2 Å². The fraction of sp³-hybridized carbons (Fsp3) is 0.688. The van der Waals surface area contributed by atoms with Crippen LogP contribution in [0.1, 0.15) is 39.3 Å². The highest BCUT2D eigenvalue weighted by Gasteiger charge is 2.49. The molecule has 3 nitrogen and oxygen atoms in total. The van der Waals surface area contributed by atoms with Gasteiger partial charge in [0.05, 0.1) is 5.69 Å². The van der Waals surface area contributed by atoms with Crippen LogP contribution in [0.2, 0.25) is 0 Å². The number of hydrogen-bond donors (Lipinski definition) is 1. The lowest BCUT2D eigenvalue weighted by molar-refractivity contribution is 0.00432. The molecule has 1 saturated carbocycles. The van der Waals surface area contributed by atoms with Gasteiger partial charge in [0.2, 0.25) is 0 Å². The number of rotatable bonds is 3. The second kappa shape index (κ2) is 5.08. The quantitative estimate of drug-likeness (QED) is 0.917. The van der Waals surface area contributed by atoms with Crippen LogP contribution in [-0.4, -0.2) is 34.1 Å². The average Bonchev–Trinajstić information content (AvgIpc) is 3.21. The molecule has 1 N–H and O–H groups in total. The maximum absolute atomic E-state index is 4.56. The second-order valence-electron chi connectivity index (χ2n) is 7.19. The standard InChI is InChI=1S/C16H24BrN3/c1-15(2)11-20(9-14-7-6-13(17)8-18-14)16(3,10-19-15)12-4-5-12/h6-8,12,19H,4-5,9-11H2,1-3H3. The Labute approximate surface area is 130 Å². The fourth-order valence-corrected chi connectivity index (χ4v) is 3.52. The molecule has 1 saturated heterocycles. The first-order valence-corrected chi connectivity index (χ1v) is 8.29. The largest absolute Gasteiger partial charge is 0.309 e. The van der Waals surface area contributed by atoms with Crippen LogP contribution < -0.4 is 5.32 Å². The van der Waals surface area contributed by atoms with Crippen molar-refractivity contribution < 1.29 is 0 Å². The molecule has 2 aliphatic rings. The fourth-order valence-electron chi connectivity index (χ4n) is 3.28. The summed E-state index contributed by atoms with van der Waals surface area (Å²) < 4.78 is 1.05. The van der Waals surface area contributed by atoms with Gasteiger partial charge in [-0.05, 0) is 67.6 Å². The molecule has 1 aromatic heterocycles. The van der Waals surface area contributed by atoms with E-state index in [1.54, 1.807) is 0 Å². The summed E-state index contributed by atoms with van der Waals surface area (Å²) in [6.07, 6.45) is 4.66. The van der Waals surface area contributed by atoms with E-state index in [1.807, 2.05) is 6.20 Å². The van der Waals surface area contributed by atoms with Gasteiger partial charge in [-0.1, -0.05) is 0 Å². The number of nitrogens with one attached hydrogen (secondary N) is 1. The molecule has 0 aromatic carbocycles. The lowest BCUT2D eigenvalue weighted by atomic mass is 9.86. The Morgan fingerprint density at radius 1 is 1.35 bits per heavy atom. The van der Waals surface area contributed by atoms with Crippen molar-refractivity contribution in [1.82, 2.24) is 15.2 Å². The summed E-state index contributed by atoms with van der Waals surface area (Å²) in [5.41, 5.74) is 1.63. The predicted molar refractivity (Wildman–Crippen MR) is 85.6 cm³/mol. The van der Waals surface area contributed by atoms with Crippen LogP contribution in [0.4, 0.5) is 0 Å². The zero-order chi connectivity index (χ0) is 14.4. The maximum atomic E-state index is 4.56. The molecule has 1 atom stereocenters. The van der Waals surface area contributed by atoms with Gasteiger partial charge in [0.1, 0.15) is 0 Å². The molecule has 3 rings (SSSR count). The lowest BCUT2D eigenvalue weighted by Crippen LogP contribution is -2.67. The summed E-state index contributed by atoms with van der Waals surface area (Å²) in [6.45, 7) is 10.1. The first-order valence-electron chi connectivity index (χ1n) is 7.50. The molecule has 0 radical (unpaired) electrons. The lowest BCUT2D eigenvalue weighted by Gasteiger charge is -2.51. The molecule has 1 aliphatic carbocycles. The summed E-state index contributed by atoms with van der Waals surface area (Å²) in [6, 6.07) is 4.22. The van der Waals surface area contributed by atoms with Gasteiger partial charge in [-0.25, -0.2) is 0 Å². The molecule has 2 fully saturated rings. The SMILES string of the molecule is CC1(C)CN(Cc2ccc(Br)cn2)C(C)(C2CC2)CN1. The predicted octanol–water partition coefficient (Wildman–Crippen LogP) is 3.20. The first-order chi connectivity index (χ1) is 9.39. The molecule has 0 bridgehead atoms. The van der Waals surface area contributed by atoms with Crippen molar-refractivity contribution in [3.05, 3.63) is 28.5 Å². The van der Waals surface area contributed by atoms with Crippen LogP contribution in [0, 0.1) is 5.92 Å². The van der Waals surface area contributed by atoms with E-state index < -0.39 is 0 Å². The maximum Gasteiger partial charge on any atom is 0.0545 e. The summed E-state index contributed by atoms with van der Waals surface area (Å²) in [7, 11) is 0. The molecule has 4 heteroatoms. The Morgan fingerprint density at radius 2 is 2.10 bits per heavy atom. The van der Waals surface area contributed by atoms with E-state index in [0.29, 0.717) is 0 Å². The van der Waals surface area contributed by atoms with Gasteiger partial charge in [0, 0.05) is 41.4 Å². The van der Waals surface area contributed by atoms with Crippen LogP contribution in [0.3, 0.4) is 0 Å². The van der Waals surface area contributed by atoms with Crippen LogP contribution >= 0.6 is 15.9 Å². The molecule has 0 amide bonds. The van der Waals surface area contributed by atoms with Crippen molar-refractivity contribution in [3.8, 4) is 0 Å². The molecule has 20 heavy (non-hydrogen) atoms. The van der Waals surface area contributed by atoms with Crippen LogP contribution in [0.15, 0.2) is 22.8 Å². The number of aromatic nitrogens is 1. The first kappa shape index (κ1) is 14.5.